The Hall–Kier alpha value is -2.57. The van der Waals surface area contributed by atoms with E-state index in [1.165, 1.54) is 0 Å². The van der Waals surface area contributed by atoms with Gasteiger partial charge in [0.2, 0.25) is 0 Å². The third-order valence-electron chi connectivity index (χ3n) is 4.71. The summed E-state index contributed by atoms with van der Waals surface area (Å²) < 4.78 is 14.3. The minimum Gasteiger partial charge on any atom is -0.378 e. The van der Waals surface area contributed by atoms with Crippen LogP contribution in [0.25, 0.3) is 11.4 Å². The number of hydrogen-bond acceptors (Lipinski definition) is 2. The topological polar surface area (TPSA) is 20.3 Å². The maximum Gasteiger partial charge on any atom is 0.172 e. The summed E-state index contributed by atoms with van der Waals surface area (Å²) in [6.45, 7) is 0. The van der Waals surface area contributed by atoms with E-state index in [4.69, 9.17) is 0 Å². The van der Waals surface area contributed by atoms with Gasteiger partial charge in [-0.05, 0) is 29.3 Å². The Balaban J connectivity index is 1.91. The largest absolute Gasteiger partial charge is 0.378 e. The highest BCUT2D eigenvalue weighted by Gasteiger charge is 2.38. The molecular formula is C22H20NOP. The molecule has 1 aliphatic heterocycles. The van der Waals surface area contributed by atoms with Crippen LogP contribution in [-0.4, -0.2) is 14.1 Å². The summed E-state index contributed by atoms with van der Waals surface area (Å²) in [5.41, 5.74) is 3.21. The normalized spacial score (nSPS) is 18.6. The molecule has 0 radical (unpaired) electrons. The molecule has 124 valence electrons. The van der Waals surface area contributed by atoms with E-state index in [0.717, 1.165) is 32.7 Å². The number of nitrogens with zero attached hydrogens (tertiary/aromatic N) is 1. The lowest BCUT2D eigenvalue weighted by Gasteiger charge is -2.20. The third kappa shape index (κ3) is 2.54. The zero-order valence-corrected chi connectivity index (χ0v) is 15.3. The Bertz CT molecular complexity index is 988. The van der Waals surface area contributed by atoms with Crippen molar-refractivity contribution in [1.29, 1.82) is 0 Å². The summed E-state index contributed by atoms with van der Waals surface area (Å²) in [6, 6.07) is 26.2. The van der Waals surface area contributed by atoms with Gasteiger partial charge < -0.3 is 9.46 Å². The summed E-state index contributed by atoms with van der Waals surface area (Å²) in [6.07, 6.45) is 2.09. The third-order valence-corrected chi connectivity index (χ3v) is 7.88. The Labute approximate surface area is 148 Å². The minimum absolute atomic E-state index is 0.892. The number of fused-ring (bicyclic) bond motifs is 1. The van der Waals surface area contributed by atoms with Crippen LogP contribution < -0.4 is 15.5 Å². The van der Waals surface area contributed by atoms with E-state index in [2.05, 4.69) is 35.2 Å². The van der Waals surface area contributed by atoms with Gasteiger partial charge in [0.15, 0.2) is 7.14 Å². The molecule has 0 amide bonds. The first-order valence-electron chi connectivity index (χ1n) is 8.36. The standard InChI is InChI=1S/C22H20NOP/c1-23(2)19-14-12-17(13-15-19)22-16-18-8-6-7-11-21(18)25(22,24)20-9-4-3-5-10-20/h3-16H,1-2H3. The van der Waals surface area contributed by atoms with Crippen LogP contribution in [0.2, 0.25) is 0 Å². The van der Waals surface area contributed by atoms with Crippen molar-refractivity contribution in [3.63, 3.8) is 0 Å². The molecule has 1 unspecified atom stereocenters. The van der Waals surface area contributed by atoms with Crippen molar-refractivity contribution in [3.05, 3.63) is 90.0 Å². The van der Waals surface area contributed by atoms with E-state index >= 15 is 0 Å². The average Bonchev–Trinajstić information content (AvgIpc) is 2.97. The van der Waals surface area contributed by atoms with Crippen molar-refractivity contribution in [2.45, 2.75) is 0 Å². The van der Waals surface area contributed by atoms with Gasteiger partial charge in [-0.1, -0.05) is 66.7 Å². The molecule has 0 spiro atoms. The van der Waals surface area contributed by atoms with Crippen LogP contribution in [0.4, 0.5) is 5.69 Å². The van der Waals surface area contributed by atoms with Crippen LogP contribution >= 0.6 is 7.14 Å². The number of benzene rings is 3. The lowest BCUT2D eigenvalue weighted by molar-refractivity contribution is 0.593. The van der Waals surface area contributed by atoms with E-state index in [0.29, 0.717) is 0 Å². The molecule has 3 aromatic carbocycles. The number of rotatable bonds is 3. The molecule has 0 aromatic heterocycles. The molecule has 0 N–H and O–H groups in total. The second kappa shape index (κ2) is 6.06. The van der Waals surface area contributed by atoms with E-state index in [-0.39, 0.29) is 0 Å². The highest BCUT2D eigenvalue weighted by Crippen LogP contribution is 2.61. The molecule has 0 saturated heterocycles. The van der Waals surface area contributed by atoms with Crippen LogP contribution in [0, 0.1) is 0 Å². The summed E-state index contributed by atoms with van der Waals surface area (Å²) in [7, 11) is 1.21. The molecule has 0 saturated carbocycles. The fourth-order valence-electron chi connectivity index (χ4n) is 3.38. The zero-order chi connectivity index (χ0) is 17.4. The van der Waals surface area contributed by atoms with Crippen LogP contribution in [-0.2, 0) is 4.57 Å². The maximum atomic E-state index is 14.3. The van der Waals surface area contributed by atoms with Crippen molar-refractivity contribution < 1.29 is 4.57 Å². The summed E-state index contributed by atoms with van der Waals surface area (Å²) in [5.74, 6) is 0. The van der Waals surface area contributed by atoms with Crippen LogP contribution in [0.15, 0.2) is 78.9 Å². The molecule has 2 nitrogen and oxygen atoms in total. The highest BCUT2D eigenvalue weighted by atomic mass is 31.2. The molecule has 0 fully saturated rings. The lowest BCUT2D eigenvalue weighted by Crippen LogP contribution is -2.15. The Kier molecular flexibility index (Phi) is 3.86. The molecule has 0 bridgehead atoms. The van der Waals surface area contributed by atoms with Gasteiger partial charge >= 0.3 is 0 Å². The van der Waals surface area contributed by atoms with Crippen molar-refractivity contribution in [2.24, 2.45) is 0 Å². The van der Waals surface area contributed by atoms with Gasteiger partial charge in [-0.15, -0.1) is 0 Å². The van der Waals surface area contributed by atoms with Gasteiger partial charge in [-0.3, -0.25) is 0 Å². The molecule has 3 aromatic rings. The smallest absolute Gasteiger partial charge is 0.172 e. The van der Waals surface area contributed by atoms with Gasteiger partial charge in [0, 0.05) is 35.7 Å². The van der Waals surface area contributed by atoms with E-state index in [9.17, 15) is 4.57 Å². The Morgan fingerprint density at radius 3 is 2.08 bits per heavy atom. The monoisotopic (exact) mass is 345 g/mol. The second-order valence-electron chi connectivity index (χ2n) is 6.47. The predicted molar refractivity (Wildman–Crippen MR) is 108 cm³/mol. The first-order chi connectivity index (χ1) is 12.1. The van der Waals surface area contributed by atoms with Crippen molar-refractivity contribution in [3.8, 4) is 0 Å². The van der Waals surface area contributed by atoms with E-state index in [1.54, 1.807) is 0 Å². The Morgan fingerprint density at radius 1 is 0.760 bits per heavy atom. The minimum atomic E-state index is -2.84. The van der Waals surface area contributed by atoms with Crippen LogP contribution in [0.3, 0.4) is 0 Å². The molecule has 4 rings (SSSR count). The SMILES string of the molecule is CN(C)c1ccc(C2=Cc3ccccc3P2(=O)c2ccccc2)cc1. The summed E-state index contributed by atoms with van der Waals surface area (Å²) in [5, 5.41) is 2.75. The van der Waals surface area contributed by atoms with Gasteiger partial charge in [-0.25, -0.2) is 0 Å². The molecule has 1 atom stereocenters. The van der Waals surface area contributed by atoms with E-state index in [1.807, 2.05) is 68.7 Å². The first-order valence-corrected chi connectivity index (χ1v) is 10.1. The zero-order valence-electron chi connectivity index (χ0n) is 14.4. The fourth-order valence-corrected chi connectivity index (χ4v) is 6.42. The highest BCUT2D eigenvalue weighted by molar-refractivity contribution is 7.88. The van der Waals surface area contributed by atoms with Gasteiger partial charge in [0.05, 0.1) is 0 Å². The van der Waals surface area contributed by atoms with Crippen LogP contribution in [0.5, 0.6) is 0 Å². The van der Waals surface area contributed by atoms with Gasteiger partial charge in [0.1, 0.15) is 0 Å². The molecular weight excluding hydrogens is 325 g/mol. The fraction of sp³-hybridized carbons (Fsp3) is 0.0909. The van der Waals surface area contributed by atoms with Gasteiger partial charge in [0.25, 0.3) is 0 Å². The second-order valence-corrected chi connectivity index (χ2v) is 9.17. The quantitative estimate of drug-likeness (QED) is 0.648. The number of anilines is 1. The van der Waals surface area contributed by atoms with Gasteiger partial charge in [-0.2, -0.15) is 0 Å². The predicted octanol–water partition coefficient (Wildman–Crippen LogP) is 4.58. The molecule has 1 aliphatic rings. The summed E-state index contributed by atoms with van der Waals surface area (Å²) >= 11 is 0. The first kappa shape index (κ1) is 15.9. The lowest BCUT2D eigenvalue weighted by atomic mass is 10.1. The molecule has 0 aliphatic carbocycles. The van der Waals surface area contributed by atoms with Crippen molar-refractivity contribution in [2.75, 3.05) is 19.0 Å². The van der Waals surface area contributed by atoms with Crippen molar-refractivity contribution in [1.82, 2.24) is 0 Å². The average molecular weight is 345 g/mol. The molecule has 1 heterocycles. The number of hydrogen-bond donors (Lipinski definition) is 0. The maximum absolute atomic E-state index is 14.3. The van der Waals surface area contributed by atoms with Crippen LogP contribution in [0.1, 0.15) is 11.1 Å². The molecule has 3 heteroatoms. The Morgan fingerprint density at radius 2 is 1.40 bits per heavy atom. The molecule has 25 heavy (non-hydrogen) atoms. The summed E-state index contributed by atoms with van der Waals surface area (Å²) in [4.78, 5) is 2.07. The van der Waals surface area contributed by atoms with Crippen molar-refractivity contribution >= 4 is 34.8 Å². The van der Waals surface area contributed by atoms with E-state index < -0.39 is 7.14 Å².